The van der Waals surface area contributed by atoms with Crippen molar-refractivity contribution in [3.63, 3.8) is 0 Å². The van der Waals surface area contributed by atoms with Gasteiger partial charge < -0.3 is 15.7 Å². The second kappa shape index (κ2) is 7.49. The molecule has 1 aliphatic rings. The number of nitrogens with one attached hydrogen (secondary N) is 2. The van der Waals surface area contributed by atoms with E-state index < -0.39 is 0 Å². The molecule has 0 saturated heterocycles. The summed E-state index contributed by atoms with van der Waals surface area (Å²) in [6.45, 7) is 2.45. The summed E-state index contributed by atoms with van der Waals surface area (Å²) in [5.74, 6) is 0.531. The van der Waals surface area contributed by atoms with Crippen LogP contribution in [0.15, 0.2) is 48.5 Å². The predicted octanol–water partition coefficient (Wildman–Crippen LogP) is 3.44. The van der Waals surface area contributed by atoms with Gasteiger partial charge in [-0.1, -0.05) is 54.1 Å². The number of urea groups is 1. The molecule has 2 aromatic carbocycles. The van der Waals surface area contributed by atoms with Crippen molar-refractivity contribution in [3.05, 3.63) is 70.8 Å². The van der Waals surface area contributed by atoms with Crippen LogP contribution < -0.4 is 10.6 Å². The number of carbonyl (C=O) groups excluding carboxylic acids is 1. The van der Waals surface area contributed by atoms with Gasteiger partial charge in [-0.15, -0.1) is 0 Å². The third-order valence-corrected chi connectivity index (χ3v) is 4.54. The Labute approximate surface area is 142 Å². The van der Waals surface area contributed by atoms with Crippen LogP contribution in [0.1, 0.15) is 41.1 Å². The molecule has 0 spiro atoms. The lowest BCUT2D eigenvalue weighted by molar-refractivity contribution is 0.235. The van der Waals surface area contributed by atoms with Gasteiger partial charge in [0, 0.05) is 6.54 Å². The van der Waals surface area contributed by atoms with E-state index in [9.17, 15) is 9.90 Å². The average Bonchev–Trinajstić information content (AvgIpc) is 3.44. The van der Waals surface area contributed by atoms with Crippen molar-refractivity contribution in [1.82, 2.24) is 10.6 Å². The quantitative estimate of drug-likeness (QED) is 0.762. The van der Waals surface area contributed by atoms with E-state index in [0.717, 1.165) is 29.5 Å². The highest BCUT2D eigenvalue weighted by molar-refractivity contribution is 5.74. The second-order valence-electron chi connectivity index (χ2n) is 6.48. The fourth-order valence-corrected chi connectivity index (χ4v) is 2.93. The molecular formula is C20H24N2O2. The van der Waals surface area contributed by atoms with Crippen LogP contribution in [0.2, 0.25) is 0 Å². The normalized spacial score (nSPS) is 14.9. The largest absolute Gasteiger partial charge is 0.392 e. The van der Waals surface area contributed by atoms with E-state index in [0.29, 0.717) is 12.5 Å². The molecule has 2 amide bonds. The van der Waals surface area contributed by atoms with Gasteiger partial charge in [-0.05, 0) is 42.4 Å². The topological polar surface area (TPSA) is 61.4 Å². The maximum atomic E-state index is 12.3. The molecule has 0 bridgehead atoms. The van der Waals surface area contributed by atoms with E-state index in [1.54, 1.807) is 0 Å². The fraction of sp³-hybridized carbons (Fsp3) is 0.350. The first-order valence-corrected chi connectivity index (χ1v) is 8.46. The minimum Gasteiger partial charge on any atom is -0.392 e. The third-order valence-electron chi connectivity index (χ3n) is 4.54. The van der Waals surface area contributed by atoms with Crippen LogP contribution in [-0.2, 0) is 13.2 Å². The molecule has 126 valence electrons. The summed E-state index contributed by atoms with van der Waals surface area (Å²) in [4.78, 5) is 12.3. The molecule has 2 aromatic rings. The molecule has 1 fully saturated rings. The standard InChI is InChI=1S/C20H24N2O2/c1-14-6-8-15(9-7-14)19(16-10-11-16)22-20(24)21-12-17-4-2-3-5-18(17)13-23/h2-9,16,19,23H,10-13H2,1H3,(H2,21,22,24). The first kappa shape index (κ1) is 16.5. The summed E-state index contributed by atoms with van der Waals surface area (Å²) in [6.07, 6.45) is 2.32. The summed E-state index contributed by atoms with van der Waals surface area (Å²) < 4.78 is 0. The van der Waals surface area contributed by atoms with E-state index >= 15 is 0 Å². The second-order valence-corrected chi connectivity index (χ2v) is 6.48. The first-order valence-electron chi connectivity index (χ1n) is 8.46. The number of aliphatic hydroxyl groups is 1. The van der Waals surface area contributed by atoms with Crippen molar-refractivity contribution < 1.29 is 9.90 Å². The first-order chi connectivity index (χ1) is 11.7. The smallest absolute Gasteiger partial charge is 0.315 e. The molecule has 4 heteroatoms. The van der Waals surface area contributed by atoms with Gasteiger partial charge in [0.05, 0.1) is 12.6 Å². The number of benzene rings is 2. The molecule has 24 heavy (non-hydrogen) atoms. The molecular weight excluding hydrogens is 300 g/mol. The van der Waals surface area contributed by atoms with Crippen LogP contribution in [0.3, 0.4) is 0 Å². The van der Waals surface area contributed by atoms with Crippen LogP contribution in [-0.4, -0.2) is 11.1 Å². The summed E-state index contributed by atoms with van der Waals surface area (Å²) >= 11 is 0. The number of carbonyl (C=O) groups is 1. The van der Waals surface area contributed by atoms with Crippen LogP contribution >= 0.6 is 0 Å². The molecule has 3 N–H and O–H groups in total. The van der Waals surface area contributed by atoms with Gasteiger partial charge in [0.2, 0.25) is 0 Å². The molecule has 1 atom stereocenters. The highest BCUT2D eigenvalue weighted by Gasteiger charge is 2.33. The summed E-state index contributed by atoms with van der Waals surface area (Å²) in [5.41, 5.74) is 4.16. The average molecular weight is 324 g/mol. The van der Waals surface area contributed by atoms with Crippen molar-refractivity contribution in [2.24, 2.45) is 5.92 Å². The molecule has 3 rings (SSSR count). The molecule has 1 saturated carbocycles. The van der Waals surface area contributed by atoms with Gasteiger partial charge in [-0.25, -0.2) is 4.79 Å². The van der Waals surface area contributed by atoms with E-state index in [1.807, 2.05) is 24.3 Å². The molecule has 4 nitrogen and oxygen atoms in total. The lowest BCUT2D eigenvalue weighted by Crippen LogP contribution is -2.38. The van der Waals surface area contributed by atoms with Gasteiger partial charge in [0.25, 0.3) is 0 Å². The van der Waals surface area contributed by atoms with Crippen molar-refractivity contribution in [2.45, 2.75) is 39.0 Å². The maximum Gasteiger partial charge on any atom is 0.315 e. The van der Waals surface area contributed by atoms with Crippen LogP contribution in [0, 0.1) is 12.8 Å². The Morgan fingerprint density at radius 3 is 2.42 bits per heavy atom. The molecule has 1 aliphatic carbocycles. The van der Waals surface area contributed by atoms with Crippen molar-refractivity contribution >= 4 is 6.03 Å². The molecule has 0 radical (unpaired) electrons. The number of hydrogen-bond donors (Lipinski definition) is 3. The summed E-state index contributed by atoms with van der Waals surface area (Å²) in [5, 5.41) is 15.4. The van der Waals surface area contributed by atoms with Crippen LogP contribution in [0.5, 0.6) is 0 Å². The molecule has 0 aromatic heterocycles. The monoisotopic (exact) mass is 324 g/mol. The van der Waals surface area contributed by atoms with Gasteiger partial charge >= 0.3 is 6.03 Å². The molecule has 1 unspecified atom stereocenters. The summed E-state index contributed by atoms with van der Waals surface area (Å²) in [6, 6.07) is 15.9. The Morgan fingerprint density at radius 2 is 1.79 bits per heavy atom. The van der Waals surface area contributed by atoms with Crippen molar-refractivity contribution in [1.29, 1.82) is 0 Å². The van der Waals surface area contributed by atoms with Crippen LogP contribution in [0.4, 0.5) is 4.79 Å². The van der Waals surface area contributed by atoms with Gasteiger partial charge in [-0.3, -0.25) is 0 Å². The van der Waals surface area contributed by atoms with Gasteiger partial charge in [0.1, 0.15) is 0 Å². The van der Waals surface area contributed by atoms with Gasteiger partial charge in [0.15, 0.2) is 0 Å². The molecule has 0 aliphatic heterocycles. The number of hydrogen-bond acceptors (Lipinski definition) is 2. The SMILES string of the molecule is Cc1ccc(C(NC(=O)NCc2ccccc2CO)C2CC2)cc1. The minimum absolute atomic E-state index is 0.0203. The minimum atomic E-state index is -0.166. The Bertz CT molecular complexity index is 693. The van der Waals surface area contributed by atoms with E-state index in [-0.39, 0.29) is 18.7 Å². The number of aryl methyl sites for hydroxylation is 1. The Morgan fingerprint density at radius 1 is 1.12 bits per heavy atom. The highest BCUT2D eigenvalue weighted by Crippen LogP contribution is 2.40. The Hall–Kier alpha value is -2.33. The summed E-state index contributed by atoms with van der Waals surface area (Å²) in [7, 11) is 0. The lowest BCUT2D eigenvalue weighted by atomic mass is 10.0. The van der Waals surface area contributed by atoms with E-state index in [4.69, 9.17) is 0 Å². The van der Waals surface area contributed by atoms with Crippen LogP contribution in [0.25, 0.3) is 0 Å². The molecule has 0 heterocycles. The highest BCUT2D eigenvalue weighted by atomic mass is 16.3. The van der Waals surface area contributed by atoms with E-state index in [1.165, 1.54) is 5.56 Å². The van der Waals surface area contributed by atoms with Crippen molar-refractivity contribution in [3.8, 4) is 0 Å². The zero-order valence-electron chi connectivity index (χ0n) is 14.0. The fourth-order valence-electron chi connectivity index (χ4n) is 2.93. The number of amides is 2. The van der Waals surface area contributed by atoms with Crippen molar-refractivity contribution in [2.75, 3.05) is 0 Å². The zero-order valence-corrected chi connectivity index (χ0v) is 14.0. The number of rotatable bonds is 6. The predicted molar refractivity (Wildman–Crippen MR) is 94.4 cm³/mol. The Kier molecular flexibility index (Phi) is 5.16. The zero-order chi connectivity index (χ0) is 16.9. The third kappa shape index (κ3) is 4.15. The van der Waals surface area contributed by atoms with Gasteiger partial charge in [-0.2, -0.15) is 0 Å². The maximum absolute atomic E-state index is 12.3. The Balaban J connectivity index is 1.61. The lowest BCUT2D eigenvalue weighted by Gasteiger charge is -2.20. The number of aliphatic hydroxyl groups excluding tert-OH is 1. The van der Waals surface area contributed by atoms with E-state index in [2.05, 4.69) is 41.8 Å².